The summed E-state index contributed by atoms with van der Waals surface area (Å²) in [6.45, 7) is 0.0476. The van der Waals surface area contributed by atoms with Gasteiger partial charge in [-0.15, -0.1) is 0 Å². The van der Waals surface area contributed by atoms with Crippen LogP contribution >= 0.6 is 11.6 Å². The van der Waals surface area contributed by atoms with E-state index >= 15 is 0 Å². The molecule has 1 heterocycles. The van der Waals surface area contributed by atoms with Gasteiger partial charge in [-0.3, -0.25) is 14.4 Å². The third-order valence-electron chi connectivity index (χ3n) is 7.90. The van der Waals surface area contributed by atoms with E-state index < -0.39 is 22.0 Å². The average Bonchev–Trinajstić information content (AvgIpc) is 3.57. The Morgan fingerprint density at radius 1 is 0.929 bits per heavy atom. The summed E-state index contributed by atoms with van der Waals surface area (Å²) in [5, 5.41) is 3.73. The molecule has 10 heteroatoms. The van der Waals surface area contributed by atoms with Crippen molar-refractivity contribution < 1.29 is 22.8 Å². The fourth-order valence-corrected chi connectivity index (χ4v) is 7.41. The second-order valence-electron chi connectivity index (χ2n) is 10.8. The van der Waals surface area contributed by atoms with Crippen LogP contribution in [0.4, 0.5) is 0 Å². The molecule has 0 saturated heterocycles. The molecule has 1 unspecified atom stereocenters. The molecule has 2 aliphatic rings. The first-order valence-corrected chi connectivity index (χ1v) is 16.1. The van der Waals surface area contributed by atoms with Gasteiger partial charge >= 0.3 is 0 Å². The minimum absolute atomic E-state index is 0.0165. The molecule has 3 aromatic rings. The zero-order chi connectivity index (χ0) is 29.7. The minimum atomic E-state index is -3.97. The van der Waals surface area contributed by atoms with E-state index in [0.717, 1.165) is 41.1 Å². The number of amides is 3. The first-order chi connectivity index (χ1) is 20.2. The van der Waals surface area contributed by atoms with E-state index in [1.807, 2.05) is 42.5 Å². The number of halogens is 1. The Labute approximate surface area is 251 Å². The maximum atomic E-state index is 13.9. The van der Waals surface area contributed by atoms with Crippen LogP contribution in [-0.4, -0.2) is 54.0 Å². The van der Waals surface area contributed by atoms with E-state index in [4.69, 9.17) is 11.6 Å². The van der Waals surface area contributed by atoms with Crippen LogP contribution in [0, 0.1) is 0 Å². The summed E-state index contributed by atoms with van der Waals surface area (Å²) in [5.41, 5.74) is 1.87. The van der Waals surface area contributed by atoms with Crippen molar-refractivity contribution in [1.29, 1.82) is 0 Å². The molecule has 1 aliphatic carbocycles. The SMILES string of the molecule is O=C(NC1CCCC1)C(Cc1ccccc1)N(Cc1ccc(Cl)cc1)C(=O)CCCN1C(=O)c2ccccc2S1(=O)=O. The number of fused-ring (bicyclic) bond motifs is 1. The van der Waals surface area contributed by atoms with E-state index in [1.54, 1.807) is 29.2 Å². The van der Waals surface area contributed by atoms with Crippen LogP contribution in [0.2, 0.25) is 5.02 Å². The maximum absolute atomic E-state index is 13.9. The number of rotatable bonds is 11. The van der Waals surface area contributed by atoms with Crippen molar-refractivity contribution in [2.24, 2.45) is 0 Å². The van der Waals surface area contributed by atoms with Crippen molar-refractivity contribution in [3.05, 3.63) is 101 Å². The smallest absolute Gasteiger partial charge is 0.269 e. The van der Waals surface area contributed by atoms with E-state index in [2.05, 4.69) is 5.32 Å². The van der Waals surface area contributed by atoms with Crippen molar-refractivity contribution in [3.63, 3.8) is 0 Å². The van der Waals surface area contributed by atoms with Crippen LogP contribution < -0.4 is 5.32 Å². The van der Waals surface area contributed by atoms with Gasteiger partial charge in [0.2, 0.25) is 11.8 Å². The lowest BCUT2D eigenvalue weighted by Gasteiger charge is -2.32. The second kappa shape index (κ2) is 13.1. The van der Waals surface area contributed by atoms with E-state index in [-0.39, 0.29) is 54.2 Å². The highest BCUT2D eigenvalue weighted by molar-refractivity contribution is 7.90. The van der Waals surface area contributed by atoms with Gasteiger partial charge in [-0.25, -0.2) is 12.7 Å². The largest absolute Gasteiger partial charge is 0.352 e. The number of hydrogen-bond acceptors (Lipinski definition) is 5. The van der Waals surface area contributed by atoms with Crippen molar-refractivity contribution in [2.75, 3.05) is 6.54 Å². The number of benzene rings is 3. The predicted octanol–water partition coefficient (Wildman–Crippen LogP) is 4.96. The summed E-state index contributed by atoms with van der Waals surface area (Å²) in [6.07, 6.45) is 4.36. The number of hydrogen-bond donors (Lipinski definition) is 1. The Balaban J connectivity index is 1.37. The lowest BCUT2D eigenvalue weighted by Crippen LogP contribution is -2.52. The summed E-state index contributed by atoms with van der Waals surface area (Å²) in [5.74, 6) is -1.09. The second-order valence-corrected chi connectivity index (χ2v) is 13.1. The summed E-state index contributed by atoms with van der Waals surface area (Å²) in [7, 11) is -3.97. The molecule has 0 radical (unpaired) electrons. The number of carbonyl (C=O) groups excluding carboxylic acids is 3. The molecule has 3 amide bonds. The van der Waals surface area contributed by atoms with Crippen LogP contribution in [0.3, 0.4) is 0 Å². The van der Waals surface area contributed by atoms with Crippen LogP contribution in [0.5, 0.6) is 0 Å². The van der Waals surface area contributed by atoms with E-state index in [9.17, 15) is 22.8 Å². The molecule has 3 aromatic carbocycles. The minimum Gasteiger partial charge on any atom is -0.352 e. The topological polar surface area (TPSA) is 104 Å². The zero-order valence-corrected chi connectivity index (χ0v) is 24.8. The summed E-state index contributed by atoms with van der Waals surface area (Å²) < 4.78 is 26.8. The quantitative estimate of drug-likeness (QED) is 0.332. The lowest BCUT2D eigenvalue weighted by atomic mass is 10.0. The van der Waals surface area contributed by atoms with E-state index in [0.29, 0.717) is 11.4 Å². The van der Waals surface area contributed by atoms with Gasteiger partial charge in [-0.1, -0.05) is 79.0 Å². The molecular weight excluding hydrogens is 574 g/mol. The third-order valence-corrected chi connectivity index (χ3v) is 10.00. The molecule has 5 rings (SSSR count). The van der Waals surface area contributed by atoms with Gasteiger partial charge in [0.25, 0.3) is 15.9 Å². The Morgan fingerprint density at radius 3 is 2.29 bits per heavy atom. The monoisotopic (exact) mass is 607 g/mol. The molecule has 1 fully saturated rings. The van der Waals surface area contributed by atoms with Crippen LogP contribution in [-0.2, 0) is 32.6 Å². The van der Waals surface area contributed by atoms with Gasteiger partial charge in [0.05, 0.1) is 5.56 Å². The van der Waals surface area contributed by atoms with Crippen molar-refractivity contribution in [1.82, 2.24) is 14.5 Å². The fraction of sp³-hybridized carbons (Fsp3) is 0.344. The molecule has 8 nitrogen and oxygen atoms in total. The molecule has 42 heavy (non-hydrogen) atoms. The predicted molar refractivity (Wildman–Crippen MR) is 160 cm³/mol. The third kappa shape index (κ3) is 6.68. The van der Waals surface area contributed by atoms with Gasteiger partial charge in [0.1, 0.15) is 10.9 Å². The molecule has 1 N–H and O–H groups in total. The normalized spacial score (nSPS) is 16.7. The van der Waals surface area contributed by atoms with Gasteiger partial charge < -0.3 is 10.2 Å². The number of sulfonamides is 1. The number of nitrogens with one attached hydrogen (secondary N) is 1. The summed E-state index contributed by atoms with van der Waals surface area (Å²) in [4.78, 5) is 42.1. The van der Waals surface area contributed by atoms with Crippen molar-refractivity contribution >= 4 is 39.3 Å². The molecule has 0 aromatic heterocycles. The number of nitrogens with zero attached hydrogens (tertiary/aromatic N) is 2. The highest BCUT2D eigenvalue weighted by atomic mass is 35.5. The van der Waals surface area contributed by atoms with Crippen molar-refractivity contribution in [3.8, 4) is 0 Å². The molecule has 220 valence electrons. The molecular formula is C32H34ClN3O5S. The van der Waals surface area contributed by atoms with Gasteiger partial charge in [0, 0.05) is 37.0 Å². The highest BCUT2D eigenvalue weighted by Gasteiger charge is 2.40. The Hall–Kier alpha value is -3.69. The molecule has 1 atom stereocenters. The van der Waals surface area contributed by atoms with E-state index in [1.165, 1.54) is 12.1 Å². The molecule has 1 saturated carbocycles. The first-order valence-electron chi connectivity index (χ1n) is 14.3. The molecule has 0 bridgehead atoms. The van der Waals surface area contributed by atoms with Crippen LogP contribution in [0.15, 0.2) is 83.8 Å². The lowest BCUT2D eigenvalue weighted by molar-refractivity contribution is -0.141. The van der Waals surface area contributed by atoms with Crippen molar-refractivity contribution in [2.45, 2.75) is 68.5 Å². The average molecular weight is 608 g/mol. The summed E-state index contributed by atoms with van der Waals surface area (Å²) >= 11 is 6.10. The van der Waals surface area contributed by atoms with Crippen LogP contribution in [0.1, 0.15) is 60.0 Å². The summed E-state index contributed by atoms with van der Waals surface area (Å²) in [6, 6.07) is 22.1. The van der Waals surface area contributed by atoms with Gasteiger partial charge in [-0.05, 0) is 54.7 Å². The van der Waals surface area contributed by atoms with Gasteiger partial charge in [-0.2, -0.15) is 0 Å². The standard InChI is InChI=1S/C32H34ClN3O5S/c33-25-18-16-24(17-19-25)22-35(28(21-23-9-2-1-3-10-23)31(38)34-26-11-4-5-12-26)30(37)15-8-20-36-32(39)27-13-6-7-14-29(27)42(36,40)41/h1-3,6-7,9-10,13-14,16-19,26,28H,4-5,8,11-12,15,20-22H2,(H,34,38). The highest BCUT2D eigenvalue weighted by Crippen LogP contribution is 2.30. The van der Waals surface area contributed by atoms with Crippen LogP contribution in [0.25, 0.3) is 0 Å². The molecule has 0 spiro atoms. The first kappa shape index (κ1) is 29.8. The van der Waals surface area contributed by atoms with Gasteiger partial charge in [0.15, 0.2) is 0 Å². The number of carbonyl (C=O) groups is 3. The fourth-order valence-electron chi connectivity index (χ4n) is 5.68. The maximum Gasteiger partial charge on any atom is 0.269 e. The Bertz CT molecular complexity index is 1540. The Kier molecular flexibility index (Phi) is 9.28. The Morgan fingerprint density at radius 2 is 1.60 bits per heavy atom. The zero-order valence-electron chi connectivity index (χ0n) is 23.2. The molecule has 1 aliphatic heterocycles.